The average Bonchev–Trinajstić information content (AvgIpc) is 3.40. The van der Waals surface area contributed by atoms with Crippen LogP contribution in [0.4, 0.5) is 4.79 Å². The molecule has 1 fully saturated rings. The minimum atomic E-state index is -0.626. The Morgan fingerprint density at radius 2 is 2.00 bits per heavy atom. The Bertz CT molecular complexity index is 1130. The summed E-state index contributed by atoms with van der Waals surface area (Å²) in [5.41, 5.74) is 2.09. The molecular weight excluding hydrogens is 526 g/mol. The maximum atomic E-state index is 13.3. The van der Waals surface area contributed by atoms with E-state index in [-0.39, 0.29) is 30.6 Å². The Morgan fingerprint density at radius 1 is 1.25 bits per heavy atom. The molecule has 9 nitrogen and oxygen atoms in total. The Labute approximate surface area is 221 Å². The summed E-state index contributed by atoms with van der Waals surface area (Å²) in [6.07, 6.45) is 2.96. The van der Waals surface area contributed by atoms with Gasteiger partial charge < -0.3 is 14.4 Å². The second kappa shape index (κ2) is 10.4. The molecule has 2 amide bonds. The fraction of sp³-hybridized carbons (Fsp3) is 0.615. The molecule has 4 rings (SSSR count). The van der Waals surface area contributed by atoms with Crippen LogP contribution in [-0.2, 0) is 22.6 Å². The first-order chi connectivity index (χ1) is 16.9. The lowest BCUT2D eigenvalue weighted by molar-refractivity contribution is -0.131. The van der Waals surface area contributed by atoms with Crippen LogP contribution >= 0.6 is 15.9 Å². The van der Waals surface area contributed by atoms with Crippen molar-refractivity contribution >= 4 is 27.9 Å². The number of rotatable bonds is 6. The quantitative estimate of drug-likeness (QED) is 0.498. The topological polar surface area (TPSA) is 89.8 Å². The predicted molar refractivity (Wildman–Crippen MR) is 139 cm³/mol. The molecule has 1 saturated heterocycles. The van der Waals surface area contributed by atoms with Gasteiger partial charge in [-0.3, -0.25) is 9.69 Å². The summed E-state index contributed by atoms with van der Waals surface area (Å²) in [5, 5.41) is 8.39. The number of carbonyl (C=O) groups is 2. The molecule has 0 N–H and O–H groups in total. The van der Waals surface area contributed by atoms with Gasteiger partial charge in [0.25, 0.3) is 0 Å². The molecular formula is C26H36BrN5O4. The highest BCUT2D eigenvalue weighted by Crippen LogP contribution is 2.42. The van der Waals surface area contributed by atoms with Crippen LogP contribution in [0.15, 0.2) is 22.8 Å². The molecule has 2 aliphatic heterocycles. The van der Waals surface area contributed by atoms with Gasteiger partial charge in [0.15, 0.2) is 0 Å². The molecule has 10 heteroatoms. The molecule has 1 aromatic heterocycles. The Morgan fingerprint density at radius 3 is 2.61 bits per heavy atom. The molecule has 3 heterocycles. The standard InChI is InChI=1S/C26H36BrN5O4/c1-16(2)32-13-18(28-29-32)15-35-22-8-7-20(27)19-10-12-31(25(34)36-26(4,5)6)21(23(19)22)14-30-11-9-17(3)24(30)33/h7-8,13,16-17,21H,9-12,14-15H2,1-6H3/t17?,21-/m1/s1. The second-order valence-corrected chi connectivity index (χ2v) is 11.8. The van der Waals surface area contributed by atoms with E-state index in [0.717, 1.165) is 27.7 Å². The van der Waals surface area contributed by atoms with Crippen LogP contribution in [0.3, 0.4) is 0 Å². The molecule has 2 aliphatic rings. The number of halogens is 1. The van der Waals surface area contributed by atoms with Crippen molar-refractivity contribution in [1.82, 2.24) is 24.8 Å². The normalized spacial score (nSPS) is 20.2. The van der Waals surface area contributed by atoms with Gasteiger partial charge in [-0.1, -0.05) is 28.1 Å². The minimum Gasteiger partial charge on any atom is -0.487 e. The number of ether oxygens (including phenoxy) is 2. The van der Waals surface area contributed by atoms with E-state index in [1.807, 2.05) is 64.8 Å². The largest absolute Gasteiger partial charge is 0.487 e. The van der Waals surface area contributed by atoms with Gasteiger partial charge in [0.05, 0.1) is 12.2 Å². The molecule has 0 radical (unpaired) electrons. The number of hydrogen-bond acceptors (Lipinski definition) is 6. The summed E-state index contributed by atoms with van der Waals surface area (Å²) in [7, 11) is 0. The smallest absolute Gasteiger partial charge is 0.410 e. The van der Waals surface area contributed by atoms with E-state index in [9.17, 15) is 9.59 Å². The number of aromatic nitrogens is 3. The van der Waals surface area contributed by atoms with Gasteiger partial charge in [-0.2, -0.15) is 0 Å². The van der Waals surface area contributed by atoms with E-state index in [2.05, 4.69) is 26.2 Å². The van der Waals surface area contributed by atoms with Gasteiger partial charge in [-0.25, -0.2) is 9.48 Å². The van der Waals surface area contributed by atoms with Gasteiger partial charge in [0, 0.05) is 41.6 Å². The summed E-state index contributed by atoms with van der Waals surface area (Å²) >= 11 is 3.70. The molecule has 1 aromatic carbocycles. The van der Waals surface area contributed by atoms with Crippen LogP contribution in [0.5, 0.6) is 5.75 Å². The molecule has 0 spiro atoms. The molecule has 0 saturated carbocycles. The fourth-order valence-corrected chi connectivity index (χ4v) is 5.25. The molecule has 2 atom stereocenters. The Hall–Kier alpha value is -2.62. The molecule has 0 aliphatic carbocycles. The van der Waals surface area contributed by atoms with Crippen molar-refractivity contribution < 1.29 is 19.1 Å². The van der Waals surface area contributed by atoms with Crippen molar-refractivity contribution in [2.75, 3.05) is 19.6 Å². The zero-order chi connectivity index (χ0) is 26.2. The van der Waals surface area contributed by atoms with Crippen molar-refractivity contribution in [3.63, 3.8) is 0 Å². The summed E-state index contributed by atoms with van der Waals surface area (Å²) in [6.45, 7) is 13.4. The molecule has 1 unspecified atom stereocenters. The van der Waals surface area contributed by atoms with Crippen LogP contribution in [-0.4, -0.2) is 62.0 Å². The number of amides is 2. The third kappa shape index (κ3) is 5.68. The van der Waals surface area contributed by atoms with Gasteiger partial charge in [0.2, 0.25) is 5.91 Å². The molecule has 2 aromatic rings. The highest BCUT2D eigenvalue weighted by Gasteiger charge is 2.40. The summed E-state index contributed by atoms with van der Waals surface area (Å²) in [4.78, 5) is 29.8. The summed E-state index contributed by atoms with van der Waals surface area (Å²) in [5.74, 6) is 0.782. The van der Waals surface area contributed by atoms with Crippen LogP contribution in [0.25, 0.3) is 0 Å². The van der Waals surface area contributed by atoms with Crippen molar-refractivity contribution in [3.8, 4) is 5.75 Å². The zero-order valence-electron chi connectivity index (χ0n) is 22.0. The number of nitrogens with zero attached hydrogens (tertiary/aromatic N) is 5. The van der Waals surface area contributed by atoms with E-state index in [0.29, 0.717) is 31.8 Å². The number of benzene rings is 1. The first-order valence-electron chi connectivity index (χ1n) is 12.6. The maximum Gasteiger partial charge on any atom is 0.410 e. The summed E-state index contributed by atoms with van der Waals surface area (Å²) in [6, 6.07) is 3.70. The van der Waals surface area contributed by atoms with Crippen molar-refractivity contribution in [2.24, 2.45) is 5.92 Å². The first kappa shape index (κ1) is 26.4. The Balaban J connectivity index is 1.68. The minimum absolute atomic E-state index is 0.00941. The van der Waals surface area contributed by atoms with Crippen molar-refractivity contribution in [2.45, 2.75) is 78.7 Å². The van der Waals surface area contributed by atoms with Gasteiger partial charge in [-0.15, -0.1) is 5.10 Å². The molecule has 36 heavy (non-hydrogen) atoms. The monoisotopic (exact) mass is 561 g/mol. The molecule has 196 valence electrons. The Kier molecular flexibility index (Phi) is 7.64. The SMILES string of the molecule is CC1CCN(C[C@@H]2c3c(OCc4cn(C(C)C)nn4)ccc(Br)c3CCN2C(=O)OC(C)(C)C)C1=O. The average molecular weight is 563 g/mol. The van der Waals surface area contributed by atoms with Crippen LogP contribution in [0.1, 0.15) is 76.9 Å². The highest BCUT2D eigenvalue weighted by atomic mass is 79.9. The number of hydrogen-bond donors (Lipinski definition) is 0. The second-order valence-electron chi connectivity index (χ2n) is 10.9. The third-order valence-corrected chi connectivity index (χ3v) is 7.36. The number of likely N-dealkylation sites (tertiary alicyclic amines) is 1. The number of carbonyl (C=O) groups excluding carboxylic acids is 2. The van der Waals surface area contributed by atoms with E-state index in [4.69, 9.17) is 9.47 Å². The lowest BCUT2D eigenvalue weighted by Crippen LogP contribution is -2.47. The lowest BCUT2D eigenvalue weighted by atomic mass is 9.91. The van der Waals surface area contributed by atoms with Crippen LogP contribution < -0.4 is 4.74 Å². The fourth-order valence-electron chi connectivity index (χ4n) is 4.70. The highest BCUT2D eigenvalue weighted by molar-refractivity contribution is 9.10. The van der Waals surface area contributed by atoms with Crippen molar-refractivity contribution in [1.29, 1.82) is 0 Å². The van der Waals surface area contributed by atoms with Gasteiger partial charge in [0.1, 0.15) is 23.7 Å². The summed E-state index contributed by atoms with van der Waals surface area (Å²) < 4.78 is 14.8. The van der Waals surface area contributed by atoms with E-state index in [1.54, 1.807) is 9.58 Å². The number of fused-ring (bicyclic) bond motifs is 1. The van der Waals surface area contributed by atoms with Gasteiger partial charge >= 0.3 is 6.09 Å². The lowest BCUT2D eigenvalue weighted by Gasteiger charge is -2.40. The van der Waals surface area contributed by atoms with E-state index >= 15 is 0 Å². The van der Waals surface area contributed by atoms with Crippen LogP contribution in [0.2, 0.25) is 0 Å². The molecule has 0 bridgehead atoms. The third-order valence-electron chi connectivity index (χ3n) is 6.62. The zero-order valence-corrected chi connectivity index (χ0v) is 23.5. The maximum absolute atomic E-state index is 13.3. The first-order valence-corrected chi connectivity index (χ1v) is 13.4. The predicted octanol–water partition coefficient (Wildman–Crippen LogP) is 4.90. The van der Waals surface area contributed by atoms with Crippen molar-refractivity contribution in [3.05, 3.63) is 39.6 Å². The van der Waals surface area contributed by atoms with E-state index in [1.165, 1.54) is 0 Å². The van der Waals surface area contributed by atoms with Crippen LogP contribution in [0, 0.1) is 5.92 Å². The van der Waals surface area contributed by atoms with Gasteiger partial charge in [-0.05, 0) is 65.2 Å². The van der Waals surface area contributed by atoms with E-state index < -0.39 is 11.6 Å².